The summed E-state index contributed by atoms with van der Waals surface area (Å²) in [5.41, 5.74) is 7.11. The fourth-order valence-electron chi connectivity index (χ4n) is 5.40. The van der Waals surface area contributed by atoms with Gasteiger partial charge in [0.1, 0.15) is 46.2 Å². The minimum atomic E-state index is -1.35. The molecule has 0 bridgehead atoms. The van der Waals surface area contributed by atoms with Crippen molar-refractivity contribution in [2.24, 2.45) is 5.16 Å². The van der Waals surface area contributed by atoms with Gasteiger partial charge in [-0.15, -0.1) is 63.2 Å². The van der Waals surface area contributed by atoms with Crippen LogP contribution in [0.15, 0.2) is 45.0 Å². The lowest BCUT2D eigenvalue weighted by Gasteiger charge is -2.49. The molecule has 0 saturated carbocycles. The van der Waals surface area contributed by atoms with E-state index < -0.39 is 64.7 Å². The van der Waals surface area contributed by atoms with Crippen LogP contribution in [0.3, 0.4) is 0 Å². The minimum Gasteiger partial charge on any atom is -0.477 e. The maximum Gasteiger partial charge on any atom is 0.375 e. The number of nitrogens with zero attached hydrogens (tertiary/aromatic N) is 7. The summed E-state index contributed by atoms with van der Waals surface area (Å²) >= 11 is 14.5. The molecule has 0 spiro atoms. The van der Waals surface area contributed by atoms with Crippen molar-refractivity contribution in [2.45, 2.75) is 36.9 Å². The number of aromatic nitrogens is 5. The van der Waals surface area contributed by atoms with E-state index in [4.69, 9.17) is 43.2 Å². The lowest BCUT2D eigenvalue weighted by molar-refractivity contribution is -0.150. The lowest BCUT2D eigenvalue weighted by atomic mass is 10.0. The van der Waals surface area contributed by atoms with Crippen LogP contribution in [-0.4, -0.2) is 116 Å². The summed E-state index contributed by atoms with van der Waals surface area (Å²) in [6, 6.07) is 3.26. The average Bonchev–Trinajstić information content (AvgIpc) is 3.81. The van der Waals surface area contributed by atoms with E-state index >= 15 is 0 Å². The fraction of sp³-hybridized carbons (Fsp3) is 0.281. The molecule has 0 aliphatic carbocycles. The molecule has 5 heterocycles. The number of hydrogen-bond acceptors (Lipinski definition) is 18. The number of aromatic carboxylic acids is 1. The van der Waals surface area contributed by atoms with Crippen molar-refractivity contribution in [3.63, 3.8) is 0 Å². The van der Waals surface area contributed by atoms with Gasteiger partial charge in [-0.2, -0.15) is 9.50 Å². The van der Waals surface area contributed by atoms with Crippen LogP contribution in [0.2, 0.25) is 0 Å². The third-order valence-corrected chi connectivity index (χ3v) is 11.5. The van der Waals surface area contributed by atoms with E-state index in [2.05, 4.69) is 30.5 Å². The number of nitrogens with two attached hydrogens (primary N) is 1. The zero-order valence-electron chi connectivity index (χ0n) is 29.3. The van der Waals surface area contributed by atoms with Crippen LogP contribution in [0, 0.1) is 13.8 Å². The highest BCUT2D eigenvalue weighted by atomic mass is 35.5. The van der Waals surface area contributed by atoms with E-state index in [1.54, 1.807) is 19.9 Å². The Morgan fingerprint density at radius 1 is 1.04 bits per heavy atom. The number of carbonyl (C=O) groups is 6. The Hall–Kier alpha value is -5.49. The first-order chi connectivity index (χ1) is 27.2. The number of benzene rings is 1. The molecule has 0 radical (unpaired) electrons. The first-order valence-electron chi connectivity index (χ1n) is 16.1. The third kappa shape index (κ3) is 8.91. The molecular weight excluding hydrogens is 854 g/mol. The number of fused-ring (bicyclic) bond motifs is 2. The topological polar surface area (TPSA) is 280 Å². The number of carboxylic acid groups (broad SMARTS) is 2. The Kier molecular flexibility index (Phi) is 12.5. The predicted molar refractivity (Wildman–Crippen MR) is 205 cm³/mol. The largest absolute Gasteiger partial charge is 0.477 e. The van der Waals surface area contributed by atoms with E-state index in [0.29, 0.717) is 27.4 Å². The number of halogens is 2. The number of nitrogens with one attached hydrogen (secondary N) is 1. The number of thioether (sulfide) groups is 2. The Bertz CT molecular complexity index is 2400. The van der Waals surface area contributed by atoms with Crippen molar-refractivity contribution >= 4 is 110 Å². The molecule has 0 unspecified atom stereocenters. The molecule has 2 aliphatic rings. The number of ether oxygens (including phenoxy) is 2. The second-order valence-corrected chi connectivity index (χ2v) is 15.3. The molecule has 6 rings (SSSR count). The van der Waals surface area contributed by atoms with Crippen molar-refractivity contribution in [1.82, 2.24) is 34.8 Å². The molecule has 20 nitrogen and oxygen atoms in total. The van der Waals surface area contributed by atoms with Crippen molar-refractivity contribution < 1.29 is 53.3 Å². The maximum atomic E-state index is 13.7. The van der Waals surface area contributed by atoms with E-state index in [-0.39, 0.29) is 57.6 Å². The summed E-state index contributed by atoms with van der Waals surface area (Å²) in [4.78, 5) is 93.8. The van der Waals surface area contributed by atoms with E-state index in [9.17, 15) is 39.0 Å². The summed E-state index contributed by atoms with van der Waals surface area (Å²) in [6.07, 6.45) is 0. The average molecular weight is 881 g/mol. The van der Waals surface area contributed by atoms with Gasteiger partial charge in [-0.05, 0) is 48.7 Å². The van der Waals surface area contributed by atoms with E-state index in [1.807, 2.05) is 0 Å². The molecule has 57 heavy (non-hydrogen) atoms. The van der Waals surface area contributed by atoms with Gasteiger partial charge in [0.2, 0.25) is 0 Å². The first-order valence-corrected chi connectivity index (χ1v) is 20.1. The predicted octanol–water partition coefficient (Wildman–Crippen LogP) is 2.22. The van der Waals surface area contributed by atoms with Crippen molar-refractivity contribution in [1.29, 1.82) is 0 Å². The SMILES string of the molecule is Cc1cc(SCC2=C(C(=O)O)N3C(=O)[C@@H](NC(=O)/C(=N\OCc4cc(OC(=O)CCl)c(OC(=O)CCl)cc4C)c4csc(N)n4)[C@H]3SC2)n2nc(C(=O)O)nc2n1. The normalized spacial score (nSPS) is 16.5. The van der Waals surface area contributed by atoms with Gasteiger partial charge in [0, 0.05) is 22.6 Å². The fourth-order valence-corrected chi connectivity index (χ4v) is 8.59. The second kappa shape index (κ2) is 17.3. The molecule has 2 amide bonds. The number of thiazole rings is 1. The number of rotatable bonds is 15. The minimum absolute atomic E-state index is 0.0282. The number of aliphatic carboxylic acids is 1. The van der Waals surface area contributed by atoms with Crippen LogP contribution in [0.5, 0.6) is 11.5 Å². The number of oxime groups is 1. The smallest absolute Gasteiger partial charge is 0.375 e. The van der Waals surface area contributed by atoms with Crippen molar-refractivity contribution in [3.05, 3.63) is 63.2 Å². The van der Waals surface area contributed by atoms with Gasteiger partial charge in [-0.25, -0.2) is 19.6 Å². The number of β-lactam (4-membered cyclic amide) rings is 1. The standard InChI is InChI=1S/C32H27Cl2N9O11S3/c1-12-3-17(53-20(44)6-33)18(54-21(45)7-34)5-14(12)8-52-41-22(16-11-57-31(35)37-16)26(46)38-23-27(47)42-24(29(48)49)15(10-56-28(23)42)9-55-19-4-13(2)36-32-39-25(30(50)51)40-43(19)32/h3-5,11,23,28H,6-10H2,1-2H3,(H2,35,37)(H,38,46)(H,48,49)(H,50,51)/b41-22-/t23-,28-/m1/s1. The highest BCUT2D eigenvalue weighted by Crippen LogP contribution is 2.42. The van der Waals surface area contributed by atoms with Gasteiger partial charge in [-0.1, -0.05) is 5.16 Å². The highest BCUT2D eigenvalue weighted by Gasteiger charge is 2.54. The summed E-state index contributed by atoms with van der Waals surface area (Å²) in [7, 11) is 0. The third-order valence-electron chi connectivity index (χ3n) is 7.95. The molecule has 1 saturated heterocycles. The van der Waals surface area contributed by atoms with Crippen LogP contribution in [0.25, 0.3) is 5.78 Å². The number of anilines is 1. The molecule has 2 aliphatic heterocycles. The number of aryl methyl sites for hydroxylation is 2. The van der Waals surface area contributed by atoms with Gasteiger partial charge < -0.3 is 35.6 Å². The summed E-state index contributed by atoms with van der Waals surface area (Å²) in [5, 5.41) is 31.3. The van der Waals surface area contributed by atoms with Crippen LogP contribution >= 0.6 is 58.1 Å². The Morgan fingerprint density at radius 2 is 1.74 bits per heavy atom. The van der Waals surface area contributed by atoms with Gasteiger partial charge >= 0.3 is 23.9 Å². The van der Waals surface area contributed by atoms with Crippen LogP contribution < -0.4 is 20.5 Å². The number of esters is 2. The van der Waals surface area contributed by atoms with Crippen molar-refractivity contribution in [2.75, 3.05) is 29.0 Å². The second-order valence-electron chi connectivity index (χ2n) is 11.8. The molecule has 1 fully saturated rings. The van der Waals surface area contributed by atoms with E-state index in [1.165, 1.54) is 33.8 Å². The van der Waals surface area contributed by atoms with Crippen LogP contribution in [-0.2, 0) is 35.4 Å². The van der Waals surface area contributed by atoms with Crippen LogP contribution in [0.1, 0.15) is 33.1 Å². The number of carboxylic acids is 2. The molecule has 5 N–H and O–H groups in total. The monoisotopic (exact) mass is 879 g/mol. The maximum absolute atomic E-state index is 13.7. The molecule has 298 valence electrons. The first kappa shape index (κ1) is 41.2. The van der Waals surface area contributed by atoms with Gasteiger partial charge in [0.15, 0.2) is 22.3 Å². The molecule has 4 aromatic rings. The number of carbonyl (C=O) groups excluding carboxylic acids is 4. The van der Waals surface area contributed by atoms with Crippen LogP contribution in [0.4, 0.5) is 5.13 Å². The quantitative estimate of drug-likeness (QED) is 0.0195. The number of nitrogen functional groups attached to an aromatic ring is 1. The van der Waals surface area contributed by atoms with Gasteiger partial charge in [0.05, 0.1) is 0 Å². The highest BCUT2D eigenvalue weighted by molar-refractivity contribution is 8.01. The van der Waals surface area contributed by atoms with Crippen molar-refractivity contribution in [3.8, 4) is 11.5 Å². The summed E-state index contributed by atoms with van der Waals surface area (Å²) < 4.78 is 11.6. The lowest BCUT2D eigenvalue weighted by Crippen LogP contribution is -2.71. The molecule has 2 atom stereocenters. The zero-order chi connectivity index (χ0) is 41.1. The Balaban J connectivity index is 1.18. The molecule has 3 aromatic heterocycles. The summed E-state index contributed by atoms with van der Waals surface area (Å²) in [5.74, 6) is -7.21. The summed E-state index contributed by atoms with van der Waals surface area (Å²) in [6.45, 7) is 3.04. The number of amides is 2. The molecule has 1 aromatic carbocycles. The van der Waals surface area contributed by atoms with E-state index in [0.717, 1.165) is 28.0 Å². The molecular formula is C32H27Cl2N9O11S3. The number of hydrogen-bond donors (Lipinski definition) is 4. The van der Waals surface area contributed by atoms with Gasteiger partial charge in [-0.3, -0.25) is 24.1 Å². The molecule has 25 heteroatoms. The zero-order valence-corrected chi connectivity index (χ0v) is 33.2. The Morgan fingerprint density at radius 3 is 2.37 bits per heavy atom. The Labute approximate surface area is 342 Å². The van der Waals surface area contributed by atoms with Gasteiger partial charge in [0.25, 0.3) is 23.4 Å². The number of alkyl halides is 2.